The van der Waals surface area contributed by atoms with Crippen LogP contribution in [-0.2, 0) is 0 Å². The van der Waals surface area contributed by atoms with Gasteiger partial charge in [0.05, 0.1) is 6.26 Å². The van der Waals surface area contributed by atoms with E-state index in [-0.39, 0.29) is 0 Å². The smallest absolute Gasteiger partial charge is 0.106 e. The Morgan fingerprint density at radius 3 is 2.00 bits per heavy atom. The first-order valence-corrected chi connectivity index (χ1v) is 6.61. The van der Waals surface area contributed by atoms with E-state index in [1.807, 2.05) is 26.0 Å². The van der Waals surface area contributed by atoms with Crippen LogP contribution in [0, 0.1) is 6.92 Å². The second-order valence-electron chi connectivity index (χ2n) is 3.39. The maximum atomic E-state index is 5.09. The molecule has 0 atom stereocenters. The molecule has 0 saturated carbocycles. The van der Waals surface area contributed by atoms with Crippen molar-refractivity contribution in [1.82, 2.24) is 0 Å². The van der Waals surface area contributed by atoms with Crippen LogP contribution < -0.4 is 0 Å². The van der Waals surface area contributed by atoms with Crippen LogP contribution in [0.1, 0.15) is 44.3 Å². The molecule has 0 radical (unpaired) electrons. The molecule has 2 aromatic rings. The molecule has 0 spiro atoms. The molecule has 0 saturated heterocycles. The lowest BCUT2D eigenvalue weighted by molar-refractivity contribution is 0.487. The topological polar surface area (TPSA) is 13.1 Å². The van der Waals surface area contributed by atoms with Gasteiger partial charge in [-0.05, 0) is 30.5 Å². The molecule has 2 rings (SSSR count). The van der Waals surface area contributed by atoms with Gasteiger partial charge in [0.15, 0.2) is 0 Å². The molecule has 0 unspecified atom stereocenters. The van der Waals surface area contributed by atoms with E-state index in [0.717, 1.165) is 5.76 Å². The van der Waals surface area contributed by atoms with Gasteiger partial charge in [-0.25, -0.2) is 0 Å². The molecular formula is C14H22OS. The zero-order chi connectivity index (χ0) is 12.4. The summed E-state index contributed by atoms with van der Waals surface area (Å²) in [6.45, 7) is 10.3. The van der Waals surface area contributed by atoms with E-state index in [0.29, 0.717) is 5.92 Å². The summed E-state index contributed by atoms with van der Waals surface area (Å²) in [5.41, 5.74) is 0. The van der Waals surface area contributed by atoms with Gasteiger partial charge in [-0.2, -0.15) is 0 Å². The lowest BCUT2D eigenvalue weighted by atomic mass is 10.2. The standard InChI is InChI=1S/C7H10O.C5H6S.C2H6/c1-6(2)7-4-3-5-8-7;1-5-3-2-4-6-5;1-2/h3-6H,1-2H3;2-4H,1H3;1-2H3. The number of furan rings is 1. The minimum absolute atomic E-state index is 0.519. The predicted octanol–water partition coefficient (Wildman–Crippen LogP) is 5.49. The van der Waals surface area contributed by atoms with Crippen LogP contribution in [-0.4, -0.2) is 0 Å². The van der Waals surface area contributed by atoms with Crippen LogP contribution in [0.5, 0.6) is 0 Å². The second kappa shape index (κ2) is 9.22. The third-order valence-corrected chi connectivity index (χ3v) is 2.58. The highest BCUT2D eigenvalue weighted by atomic mass is 32.1. The van der Waals surface area contributed by atoms with Crippen LogP contribution in [0.4, 0.5) is 0 Å². The van der Waals surface area contributed by atoms with E-state index in [2.05, 4.69) is 38.3 Å². The van der Waals surface area contributed by atoms with Crippen molar-refractivity contribution in [3.8, 4) is 0 Å². The average Bonchev–Trinajstić information content (AvgIpc) is 2.93. The largest absolute Gasteiger partial charge is 0.469 e. The molecule has 0 amide bonds. The van der Waals surface area contributed by atoms with E-state index in [1.165, 1.54) is 4.88 Å². The SMILES string of the molecule is CC.CC(C)c1ccco1.Cc1cccs1. The fraction of sp³-hybridized carbons (Fsp3) is 0.429. The van der Waals surface area contributed by atoms with Crippen LogP contribution in [0.3, 0.4) is 0 Å². The highest BCUT2D eigenvalue weighted by Gasteiger charge is 1.97. The Labute approximate surface area is 103 Å². The Bertz CT molecular complexity index is 320. The van der Waals surface area contributed by atoms with Crippen LogP contribution in [0.2, 0.25) is 0 Å². The first-order chi connectivity index (χ1) is 7.70. The third-order valence-electron chi connectivity index (χ3n) is 1.78. The van der Waals surface area contributed by atoms with E-state index >= 15 is 0 Å². The quantitative estimate of drug-likeness (QED) is 0.640. The molecule has 0 N–H and O–H groups in total. The third kappa shape index (κ3) is 6.46. The summed E-state index contributed by atoms with van der Waals surface area (Å²) in [6.07, 6.45) is 1.70. The Morgan fingerprint density at radius 1 is 1.12 bits per heavy atom. The van der Waals surface area contributed by atoms with E-state index in [4.69, 9.17) is 4.42 Å². The highest BCUT2D eigenvalue weighted by molar-refractivity contribution is 7.09. The Hall–Kier alpha value is -1.02. The van der Waals surface area contributed by atoms with E-state index < -0.39 is 0 Å². The number of hydrogen-bond acceptors (Lipinski definition) is 2. The number of aryl methyl sites for hydroxylation is 1. The van der Waals surface area contributed by atoms with Crippen LogP contribution in [0.25, 0.3) is 0 Å². The first-order valence-electron chi connectivity index (χ1n) is 5.73. The molecule has 0 aliphatic carbocycles. The Balaban J connectivity index is 0.000000251. The monoisotopic (exact) mass is 238 g/mol. The fourth-order valence-electron chi connectivity index (χ4n) is 0.980. The molecule has 0 aromatic carbocycles. The van der Waals surface area contributed by atoms with Crippen LogP contribution >= 0.6 is 11.3 Å². The summed E-state index contributed by atoms with van der Waals surface area (Å²) in [7, 11) is 0. The number of hydrogen-bond donors (Lipinski definition) is 0. The predicted molar refractivity (Wildman–Crippen MR) is 73.2 cm³/mol. The van der Waals surface area contributed by atoms with Crippen molar-refractivity contribution in [3.05, 3.63) is 46.5 Å². The normalized spacial score (nSPS) is 8.88. The lowest BCUT2D eigenvalue weighted by Gasteiger charge is -1.94. The van der Waals surface area contributed by atoms with Crippen molar-refractivity contribution in [2.75, 3.05) is 0 Å². The zero-order valence-corrected chi connectivity index (χ0v) is 11.7. The van der Waals surface area contributed by atoms with E-state index in [9.17, 15) is 0 Å². The van der Waals surface area contributed by atoms with Gasteiger partial charge in [-0.1, -0.05) is 33.8 Å². The van der Waals surface area contributed by atoms with Crippen molar-refractivity contribution < 1.29 is 4.42 Å². The molecule has 0 bridgehead atoms. The molecule has 2 heteroatoms. The summed E-state index contributed by atoms with van der Waals surface area (Å²) in [5.74, 6) is 1.58. The number of rotatable bonds is 1. The molecule has 0 aliphatic heterocycles. The van der Waals surface area contributed by atoms with Gasteiger partial charge in [-0.3, -0.25) is 0 Å². The zero-order valence-electron chi connectivity index (χ0n) is 10.9. The van der Waals surface area contributed by atoms with Gasteiger partial charge in [-0.15, -0.1) is 11.3 Å². The van der Waals surface area contributed by atoms with Gasteiger partial charge < -0.3 is 4.42 Å². The van der Waals surface area contributed by atoms with E-state index in [1.54, 1.807) is 17.6 Å². The summed E-state index contributed by atoms with van der Waals surface area (Å²) >= 11 is 1.78. The molecule has 2 aromatic heterocycles. The summed E-state index contributed by atoms with van der Waals surface area (Å²) in [5, 5.41) is 2.08. The summed E-state index contributed by atoms with van der Waals surface area (Å²) < 4.78 is 5.09. The van der Waals surface area contributed by atoms with Gasteiger partial charge in [0.2, 0.25) is 0 Å². The fourth-order valence-corrected chi connectivity index (χ4v) is 1.51. The maximum Gasteiger partial charge on any atom is 0.106 e. The summed E-state index contributed by atoms with van der Waals surface area (Å²) in [4.78, 5) is 1.38. The Kier molecular flexibility index (Phi) is 8.64. The van der Waals surface area contributed by atoms with Crippen molar-refractivity contribution in [1.29, 1.82) is 0 Å². The Morgan fingerprint density at radius 2 is 1.81 bits per heavy atom. The maximum absolute atomic E-state index is 5.09. The summed E-state index contributed by atoms with van der Waals surface area (Å²) in [6, 6.07) is 8.06. The molecular weight excluding hydrogens is 216 g/mol. The molecule has 90 valence electrons. The molecule has 0 fully saturated rings. The van der Waals surface area contributed by atoms with Gasteiger partial charge in [0.25, 0.3) is 0 Å². The molecule has 0 aliphatic rings. The molecule has 2 heterocycles. The second-order valence-corrected chi connectivity index (χ2v) is 4.55. The molecule has 16 heavy (non-hydrogen) atoms. The molecule has 1 nitrogen and oxygen atoms in total. The highest BCUT2D eigenvalue weighted by Crippen LogP contribution is 2.12. The van der Waals surface area contributed by atoms with Gasteiger partial charge in [0.1, 0.15) is 5.76 Å². The van der Waals surface area contributed by atoms with Crippen LogP contribution in [0.15, 0.2) is 40.3 Å². The van der Waals surface area contributed by atoms with Crippen molar-refractivity contribution >= 4 is 11.3 Å². The lowest BCUT2D eigenvalue weighted by Crippen LogP contribution is -1.79. The van der Waals surface area contributed by atoms with Crippen molar-refractivity contribution in [2.24, 2.45) is 0 Å². The van der Waals surface area contributed by atoms with Gasteiger partial charge >= 0.3 is 0 Å². The number of thiophene rings is 1. The van der Waals surface area contributed by atoms with Crippen molar-refractivity contribution in [3.63, 3.8) is 0 Å². The average molecular weight is 238 g/mol. The van der Waals surface area contributed by atoms with Crippen molar-refractivity contribution in [2.45, 2.75) is 40.5 Å². The minimum atomic E-state index is 0.519. The van der Waals surface area contributed by atoms with Gasteiger partial charge in [0, 0.05) is 10.8 Å². The minimum Gasteiger partial charge on any atom is -0.469 e. The first kappa shape index (κ1) is 15.0.